The first-order valence-corrected chi connectivity index (χ1v) is 6.62. The molecule has 104 valence electrons. The Balaban J connectivity index is 2.27. The Morgan fingerprint density at radius 2 is 2.10 bits per heavy atom. The Kier molecular flexibility index (Phi) is 4.46. The quantitative estimate of drug-likeness (QED) is 0.849. The van der Waals surface area contributed by atoms with E-state index < -0.39 is 11.9 Å². The number of nitrogens with one attached hydrogen (secondary N) is 1. The van der Waals surface area contributed by atoms with Gasteiger partial charge in [-0.05, 0) is 40.2 Å². The highest BCUT2D eigenvalue weighted by atomic mass is 79.9. The molecule has 2 rings (SSSR count). The largest absolute Gasteiger partial charge is 0.465 e. The smallest absolute Gasteiger partial charge is 0.337 e. The first-order chi connectivity index (χ1) is 9.52. The fourth-order valence-electron chi connectivity index (χ4n) is 1.51. The van der Waals surface area contributed by atoms with Crippen LogP contribution in [0.25, 0.3) is 0 Å². The van der Waals surface area contributed by atoms with E-state index in [1.165, 1.54) is 37.6 Å². The zero-order valence-corrected chi connectivity index (χ0v) is 12.6. The summed E-state index contributed by atoms with van der Waals surface area (Å²) in [5, 5.41) is 2.91. The molecule has 7 heteroatoms. The molecule has 1 N–H and O–H groups in total. The molecule has 2 aromatic rings. The molecule has 0 unspecified atom stereocenters. The standard InChI is InChI=1S/C13H9BrClNO4/c1-19-13(18)7-2-3-9(15)10(6-7)16-12(17)8-4-5-20-11(8)14/h2-6H,1H3,(H,16,17). The lowest BCUT2D eigenvalue weighted by atomic mass is 10.2. The summed E-state index contributed by atoms with van der Waals surface area (Å²) < 4.78 is 9.91. The van der Waals surface area contributed by atoms with Crippen LogP contribution in [0, 0.1) is 0 Å². The molecular weight excluding hydrogens is 350 g/mol. The number of rotatable bonds is 3. The van der Waals surface area contributed by atoms with Crippen LogP contribution in [0.15, 0.2) is 39.6 Å². The number of halogens is 2. The normalized spacial score (nSPS) is 10.2. The molecule has 20 heavy (non-hydrogen) atoms. The average Bonchev–Trinajstić information content (AvgIpc) is 2.86. The Bertz CT molecular complexity index is 668. The molecule has 0 bridgehead atoms. The molecule has 0 aliphatic rings. The first-order valence-electron chi connectivity index (χ1n) is 5.45. The maximum absolute atomic E-state index is 12.0. The van der Waals surface area contributed by atoms with Crippen molar-refractivity contribution in [2.24, 2.45) is 0 Å². The van der Waals surface area contributed by atoms with E-state index in [1.54, 1.807) is 0 Å². The van der Waals surface area contributed by atoms with Crippen LogP contribution in [0.1, 0.15) is 20.7 Å². The van der Waals surface area contributed by atoms with Crippen LogP contribution in [-0.4, -0.2) is 19.0 Å². The molecule has 0 atom stereocenters. The van der Waals surface area contributed by atoms with E-state index >= 15 is 0 Å². The van der Waals surface area contributed by atoms with Gasteiger partial charge in [-0.2, -0.15) is 0 Å². The van der Waals surface area contributed by atoms with Gasteiger partial charge in [-0.1, -0.05) is 11.6 Å². The molecule has 1 amide bonds. The predicted molar refractivity (Wildman–Crippen MR) is 77.2 cm³/mol. The first kappa shape index (κ1) is 14.6. The lowest BCUT2D eigenvalue weighted by molar-refractivity contribution is 0.0600. The van der Waals surface area contributed by atoms with Crippen molar-refractivity contribution in [3.63, 3.8) is 0 Å². The van der Waals surface area contributed by atoms with Crippen LogP contribution in [0.3, 0.4) is 0 Å². The van der Waals surface area contributed by atoms with Gasteiger partial charge in [-0.25, -0.2) is 4.79 Å². The topological polar surface area (TPSA) is 68.5 Å². The summed E-state index contributed by atoms with van der Waals surface area (Å²) in [6.07, 6.45) is 1.38. The Morgan fingerprint density at radius 1 is 1.35 bits per heavy atom. The molecule has 5 nitrogen and oxygen atoms in total. The highest BCUT2D eigenvalue weighted by Gasteiger charge is 2.15. The number of hydrogen-bond donors (Lipinski definition) is 1. The molecule has 0 radical (unpaired) electrons. The molecule has 0 aliphatic carbocycles. The summed E-state index contributed by atoms with van der Waals surface area (Å²) in [7, 11) is 1.28. The molecule has 0 aliphatic heterocycles. The maximum atomic E-state index is 12.0. The van der Waals surface area contributed by atoms with Crippen molar-refractivity contribution in [2.75, 3.05) is 12.4 Å². The minimum Gasteiger partial charge on any atom is -0.465 e. The molecule has 0 spiro atoms. The van der Waals surface area contributed by atoms with E-state index in [0.29, 0.717) is 26.5 Å². The van der Waals surface area contributed by atoms with Gasteiger partial charge < -0.3 is 14.5 Å². The molecule has 1 heterocycles. The van der Waals surface area contributed by atoms with Crippen LogP contribution < -0.4 is 5.32 Å². The van der Waals surface area contributed by atoms with Crippen molar-refractivity contribution in [1.29, 1.82) is 0 Å². The lowest BCUT2D eigenvalue weighted by Crippen LogP contribution is -2.12. The summed E-state index contributed by atoms with van der Waals surface area (Å²) in [5.74, 6) is -0.920. The van der Waals surface area contributed by atoms with Crippen LogP contribution in [0.2, 0.25) is 5.02 Å². The van der Waals surface area contributed by atoms with Gasteiger partial charge in [0.2, 0.25) is 0 Å². The summed E-state index contributed by atoms with van der Waals surface area (Å²) >= 11 is 9.10. The number of benzene rings is 1. The molecule has 1 aromatic carbocycles. The van der Waals surface area contributed by atoms with Gasteiger partial charge >= 0.3 is 5.97 Å². The van der Waals surface area contributed by atoms with E-state index in [9.17, 15) is 9.59 Å². The van der Waals surface area contributed by atoms with Crippen LogP contribution in [-0.2, 0) is 4.74 Å². The molecule has 1 aromatic heterocycles. The number of methoxy groups -OCH3 is 1. The second-order valence-electron chi connectivity index (χ2n) is 3.75. The van der Waals surface area contributed by atoms with Crippen molar-refractivity contribution in [3.05, 3.63) is 51.3 Å². The third-order valence-corrected chi connectivity index (χ3v) is 3.44. The number of carbonyl (C=O) groups excluding carboxylic acids is 2. The van der Waals surface area contributed by atoms with Gasteiger partial charge in [-0.3, -0.25) is 4.79 Å². The minimum atomic E-state index is -0.512. The van der Waals surface area contributed by atoms with E-state index in [2.05, 4.69) is 26.0 Å². The zero-order valence-electron chi connectivity index (χ0n) is 10.3. The fraction of sp³-hybridized carbons (Fsp3) is 0.0769. The third kappa shape index (κ3) is 3.02. The highest BCUT2D eigenvalue weighted by molar-refractivity contribution is 9.10. The van der Waals surface area contributed by atoms with E-state index in [1.807, 2.05) is 0 Å². The summed E-state index contributed by atoms with van der Waals surface area (Å²) in [6, 6.07) is 5.98. The maximum Gasteiger partial charge on any atom is 0.337 e. The van der Waals surface area contributed by atoms with Crippen molar-refractivity contribution < 1.29 is 18.7 Å². The van der Waals surface area contributed by atoms with Gasteiger partial charge in [-0.15, -0.1) is 0 Å². The number of anilines is 1. The van der Waals surface area contributed by atoms with Crippen LogP contribution >= 0.6 is 27.5 Å². The molecule has 0 fully saturated rings. The van der Waals surface area contributed by atoms with Gasteiger partial charge in [0, 0.05) is 0 Å². The number of esters is 1. The lowest BCUT2D eigenvalue weighted by Gasteiger charge is -2.08. The predicted octanol–water partition coefficient (Wildman–Crippen LogP) is 3.73. The minimum absolute atomic E-state index is 0.290. The van der Waals surface area contributed by atoms with Gasteiger partial charge in [0.25, 0.3) is 5.91 Å². The van der Waals surface area contributed by atoms with Crippen LogP contribution in [0.5, 0.6) is 0 Å². The van der Waals surface area contributed by atoms with Gasteiger partial charge in [0.1, 0.15) is 0 Å². The fourth-order valence-corrected chi connectivity index (χ4v) is 2.10. The van der Waals surface area contributed by atoms with Crippen LogP contribution in [0.4, 0.5) is 5.69 Å². The molecule has 0 saturated carbocycles. The molecule has 0 saturated heterocycles. The number of amides is 1. The van der Waals surface area contributed by atoms with Crippen molar-refractivity contribution in [3.8, 4) is 0 Å². The van der Waals surface area contributed by atoms with Gasteiger partial charge in [0.15, 0.2) is 4.67 Å². The Morgan fingerprint density at radius 3 is 2.70 bits per heavy atom. The third-order valence-electron chi connectivity index (χ3n) is 2.50. The average molecular weight is 359 g/mol. The second kappa shape index (κ2) is 6.11. The second-order valence-corrected chi connectivity index (χ2v) is 4.88. The zero-order chi connectivity index (χ0) is 14.7. The summed E-state index contributed by atoms with van der Waals surface area (Å²) in [6.45, 7) is 0. The summed E-state index contributed by atoms with van der Waals surface area (Å²) in [5.41, 5.74) is 0.927. The number of ether oxygens (including phenoxy) is 1. The van der Waals surface area contributed by atoms with Crippen molar-refractivity contribution in [2.45, 2.75) is 0 Å². The Labute approximate surface area is 128 Å². The van der Waals surface area contributed by atoms with Crippen molar-refractivity contribution >= 4 is 45.1 Å². The SMILES string of the molecule is COC(=O)c1ccc(Cl)c(NC(=O)c2ccoc2Br)c1. The van der Waals surface area contributed by atoms with Crippen molar-refractivity contribution in [1.82, 2.24) is 0 Å². The van der Waals surface area contributed by atoms with E-state index in [4.69, 9.17) is 16.0 Å². The molecular formula is C13H9BrClNO4. The van der Waals surface area contributed by atoms with Gasteiger partial charge in [0.05, 0.1) is 35.2 Å². The summed E-state index contributed by atoms with van der Waals surface area (Å²) in [4.78, 5) is 23.5. The van der Waals surface area contributed by atoms with E-state index in [-0.39, 0.29) is 0 Å². The van der Waals surface area contributed by atoms with E-state index in [0.717, 1.165) is 0 Å². The monoisotopic (exact) mass is 357 g/mol. The highest BCUT2D eigenvalue weighted by Crippen LogP contribution is 2.25. The Hall–Kier alpha value is -1.79. The number of hydrogen-bond acceptors (Lipinski definition) is 4. The number of furan rings is 1. The number of carbonyl (C=O) groups is 2.